The molecule has 0 aliphatic carbocycles. The number of fused-ring (bicyclic) bond motifs is 1. The molecule has 0 fully saturated rings. The largest absolute Gasteiger partial charge is 0.497 e. The summed E-state index contributed by atoms with van der Waals surface area (Å²) in [5, 5.41) is 0. The van der Waals surface area contributed by atoms with Gasteiger partial charge in [0, 0.05) is 5.56 Å². The van der Waals surface area contributed by atoms with Gasteiger partial charge in [0.25, 0.3) is 0 Å². The van der Waals surface area contributed by atoms with E-state index in [0.29, 0.717) is 29.3 Å². The van der Waals surface area contributed by atoms with Crippen molar-refractivity contribution in [3.63, 3.8) is 0 Å². The van der Waals surface area contributed by atoms with Gasteiger partial charge in [-0.3, -0.25) is 0 Å². The summed E-state index contributed by atoms with van der Waals surface area (Å²) >= 11 is 0. The standard InChI is InChI=1S/C23H18N4O2/c1-28-18-11-9-16(10-12-18)14-27-15-24-21-20(19-8-5-13-29-19)25-22(26-23(21)27)17-6-3-2-4-7-17/h2-13,15H,14H2,1H3. The molecule has 0 unspecified atom stereocenters. The number of methoxy groups -OCH3 is 1. The van der Waals surface area contributed by atoms with Crippen molar-refractivity contribution in [1.29, 1.82) is 0 Å². The Bertz CT molecular complexity index is 1240. The molecule has 0 aliphatic heterocycles. The first-order valence-electron chi connectivity index (χ1n) is 9.27. The summed E-state index contributed by atoms with van der Waals surface area (Å²) in [6, 6.07) is 21.6. The molecule has 0 bridgehead atoms. The Balaban J connectivity index is 1.65. The fourth-order valence-corrected chi connectivity index (χ4v) is 3.29. The number of ether oxygens (including phenoxy) is 1. The molecule has 142 valence electrons. The number of hydrogen-bond acceptors (Lipinski definition) is 5. The van der Waals surface area contributed by atoms with Gasteiger partial charge in [-0.15, -0.1) is 0 Å². The molecule has 0 N–H and O–H groups in total. The third-order valence-electron chi connectivity index (χ3n) is 4.76. The number of benzene rings is 2. The lowest BCUT2D eigenvalue weighted by molar-refractivity contribution is 0.414. The van der Waals surface area contributed by atoms with Gasteiger partial charge in [-0.2, -0.15) is 0 Å². The Morgan fingerprint density at radius 2 is 1.76 bits per heavy atom. The predicted octanol–water partition coefficient (Wildman–Crippen LogP) is 4.81. The third-order valence-corrected chi connectivity index (χ3v) is 4.76. The second kappa shape index (κ2) is 7.24. The molecule has 3 heterocycles. The summed E-state index contributed by atoms with van der Waals surface area (Å²) in [7, 11) is 1.66. The van der Waals surface area contributed by atoms with Crippen LogP contribution in [0.3, 0.4) is 0 Å². The van der Waals surface area contributed by atoms with Crippen LogP contribution in [0, 0.1) is 0 Å². The van der Waals surface area contributed by atoms with E-state index in [0.717, 1.165) is 22.5 Å². The van der Waals surface area contributed by atoms with E-state index >= 15 is 0 Å². The first kappa shape index (κ1) is 17.2. The summed E-state index contributed by atoms with van der Waals surface area (Å²) in [5.74, 6) is 2.14. The van der Waals surface area contributed by atoms with E-state index < -0.39 is 0 Å². The van der Waals surface area contributed by atoms with Gasteiger partial charge < -0.3 is 13.7 Å². The lowest BCUT2D eigenvalue weighted by Crippen LogP contribution is -2.02. The Morgan fingerprint density at radius 1 is 0.931 bits per heavy atom. The van der Waals surface area contributed by atoms with Crippen LogP contribution in [-0.2, 0) is 6.54 Å². The van der Waals surface area contributed by atoms with Crippen LogP contribution in [0.1, 0.15) is 5.56 Å². The molecular weight excluding hydrogens is 364 g/mol. The van der Waals surface area contributed by atoms with Gasteiger partial charge in [-0.25, -0.2) is 15.0 Å². The highest BCUT2D eigenvalue weighted by molar-refractivity contribution is 5.87. The summed E-state index contributed by atoms with van der Waals surface area (Å²) in [6.45, 7) is 0.642. The van der Waals surface area contributed by atoms with Crippen molar-refractivity contribution in [3.05, 3.63) is 84.9 Å². The highest BCUT2D eigenvalue weighted by Crippen LogP contribution is 2.29. The maximum absolute atomic E-state index is 5.62. The maximum atomic E-state index is 5.62. The van der Waals surface area contributed by atoms with Gasteiger partial charge in [-0.05, 0) is 29.8 Å². The van der Waals surface area contributed by atoms with Crippen LogP contribution in [0.5, 0.6) is 5.75 Å². The number of imidazole rings is 1. The highest BCUT2D eigenvalue weighted by Gasteiger charge is 2.17. The fourth-order valence-electron chi connectivity index (χ4n) is 3.29. The van der Waals surface area contributed by atoms with Gasteiger partial charge in [0.15, 0.2) is 17.2 Å². The van der Waals surface area contributed by atoms with Crippen LogP contribution in [0.2, 0.25) is 0 Å². The zero-order chi connectivity index (χ0) is 19.6. The summed E-state index contributed by atoms with van der Waals surface area (Å²) in [6.07, 6.45) is 3.44. The molecule has 0 saturated heterocycles. The minimum absolute atomic E-state index is 0.640. The van der Waals surface area contributed by atoms with Crippen molar-refractivity contribution in [2.75, 3.05) is 7.11 Å². The quantitative estimate of drug-likeness (QED) is 0.436. The van der Waals surface area contributed by atoms with Crippen molar-refractivity contribution < 1.29 is 9.15 Å². The number of nitrogens with zero attached hydrogens (tertiary/aromatic N) is 4. The molecular formula is C23H18N4O2. The SMILES string of the molecule is COc1ccc(Cn2cnc3c(-c4ccco4)nc(-c4ccccc4)nc32)cc1. The molecule has 6 heteroatoms. The monoisotopic (exact) mass is 382 g/mol. The van der Waals surface area contributed by atoms with E-state index in [1.807, 2.05) is 71.3 Å². The second-order valence-corrected chi connectivity index (χ2v) is 6.63. The Kier molecular flexibility index (Phi) is 4.29. The maximum Gasteiger partial charge on any atom is 0.165 e. The van der Waals surface area contributed by atoms with E-state index in [1.165, 1.54) is 0 Å². The van der Waals surface area contributed by atoms with Gasteiger partial charge in [-0.1, -0.05) is 42.5 Å². The van der Waals surface area contributed by atoms with Crippen LogP contribution < -0.4 is 4.74 Å². The van der Waals surface area contributed by atoms with Crippen molar-refractivity contribution in [1.82, 2.24) is 19.5 Å². The Labute approximate surface area is 167 Å². The number of rotatable bonds is 5. The normalized spacial score (nSPS) is 11.1. The minimum atomic E-state index is 0.640. The molecule has 0 amide bonds. The molecule has 0 radical (unpaired) electrons. The van der Waals surface area contributed by atoms with E-state index in [4.69, 9.17) is 19.1 Å². The molecule has 6 nitrogen and oxygen atoms in total. The molecule has 0 saturated carbocycles. The van der Waals surface area contributed by atoms with Gasteiger partial charge in [0.2, 0.25) is 0 Å². The first-order chi connectivity index (χ1) is 14.3. The number of aromatic nitrogens is 4. The fraction of sp³-hybridized carbons (Fsp3) is 0.0870. The van der Waals surface area contributed by atoms with Crippen LogP contribution in [-0.4, -0.2) is 26.6 Å². The topological polar surface area (TPSA) is 66.0 Å². The molecule has 3 aromatic heterocycles. The third kappa shape index (κ3) is 3.25. The number of furan rings is 1. The smallest absolute Gasteiger partial charge is 0.165 e. The van der Waals surface area contributed by atoms with Crippen LogP contribution in [0.15, 0.2) is 83.7 Å². The zero-order valence-corrected chi connectivity index (χ0v) is 15.8. The van der Waals surface area contributed by atoms with Gasteiger partial charge in [0.05, 0.1) is 26.2 Å². The van der Waals surface area contributed by atoms with Crippen molar-refractivity contribution in [3.8, 4) is 28.6 Å². The van der Waals surface area contributed by atoms with Gasteiger partial charge >= 0.3 is 0 Å². The Morgan fingerprint density at radius 3 is 2.48 bits per heavy atom. The average molecular weight is 382 g/mol. The molecule has 5 aromatic rings. The first-order valence-corrected chi connectivity index (χ1v) is 9.27. The van der Waals surface area contributed by atoms with E-state index in [1.54, 1.807) is 19.7 Å². The lowest BCUT2D eigenvalue weighted by atomic mass is 10.2. The van der Waals surface area contributed by atoms with Crippen molar-refractivity contribution >= 4 is 11.2 Å². The summed E-state index contributed by atoms with van der Waals surface area (Å²) in [4.78, 5) is 14.2. The minimum Gasteiger partial charge on any atom is -0.497 e. The van der Waals surface area contributed by atoms with E-state index in [2.05, 4.69) is 4.98 Å². The molecule has 0 spiro atoms. The average Bonchev–Trinajstić information content (AvgIpc) is 3.45. The number of hydrogen-bond donors (Lipinski definition) is 0. The van der Waals surface area contributed by atoms with Crippen LogP contribution in [0.25, 0.3) is 34.0 Å². The van der Waals surface area contributed by atoms with Crippen LogP contribution >= 0.6 is 0 Å². The molecule has 5 rings (SSSR count). The zero-order valence-electron chi connectivity index (χ0n) is 15.8. The van der Waals surface area contributed by atoms with E-state index in [-0.39, 0.29) is 0 Å². The molecule has 0 aliphatic rings. The molecule has 2 aromatic carbocycles. The van der Waals surface area contributed by atoms with E-state index in [9.17, 15) is 0 Å². The lowest BCUT2D eigenvalue weighted by Gasteiger charge is -2.08. The summed E-state index contributed by atoms with van der Waals surface area (Å²) in [5.41, 5.74) is 4.24. The van der Waals surface area contributed by atoms with Crippen LogP contribution in [0.4, 0.5) is 0 Å². The molecule has 29 heavy (non-hydrogen) atoms. The van der Waals surface area contributed by atoms with Gasteiger partial charge in [0.1, 0.15) is 17.0 Å². The Hall–Kier alpha value is -3.93. The summed E-state index contributed by atoms with van der Waals surface area (Å²) < 4.78 is 12.9. The van der Waals surface area contributed by atoms with Crippen molar-refractivity contribution in [2.24, 2.45) is 0 Å². The predicted molar refractivity (Wildman–Crippen MR) is 111 cm³/mol. The second-order valence-electron chi connectivity index (χ2n) is 6.63. The molecule has 0 atom stereocenters. The highest BCUT2D eigenvalue weighted by atomic mass is 16.5. The van der Waals surface area contributed by atoms with Crippen molar-refractivity contribution in [2.45, 2.75) is 6.54 Å².